The van der Waals surface area contributed by atoms with Crippen molar-refractivity contribution in [3.63, 3.8) is 0 Å². The maximum atomic E-state index is 12.5. The van der Waals surface area contributed by atoms with E-state index in [9.17, 15) is 9.59 Å². The third-order valence-corrected chi connectivity index (χ3v) is 5.04. The Balaban J connectivity index is 1.35. The number of nitrogens with one attached hydrogen (secondary N) is 1. The molecule has 0 saturated carbocycles. The largest absolute Gasteiger partial charge is 0.378 e. The summed E-state index contributed by atoms with van der Waals surface area (Å²) < 4.78 is 6.98. The van der Waals surface area contributed by atoms with E-state index in [2.05, 4.69) is 20.5 Å². The number of ether oxygens (including phenoxy) is 1. The highest BCUT2D eigenvalue weighted by atomic mass is 16.5. The van der Waals surface area contributed by atoms with Crippen LogP contribution in [0.3, 0.4) is 0 Å². The average molecular weight is 373 g/mol. The van der Waals surface area contributed by atoms with E-state index in [1.54, 1.807) is 28.0 Å². The highest BCUT2D eigenvalue weighted by Gasteiger charge is 2.26. The quantitative estimate of drug-likeness (QED) is 0.810. The zero-order valence-electron chi connectivity index (χ0n) is 15.1. The first-order valence-electron chi connectivity index (χ1n) is 9.26. The third-order valence-electron chi connectivity index (χ3n) is 5.04. The smallest absolute Gasteiger partial charge is 0.276 e. The van der Waals surface area contributed by atoms with Crippen LogP contribution in [0.1, 0.15) is 33.8 Å². The van der Waals surface area contributed by atoms with E-state index in [4.69, 9.17) is 4.74 Å². The van der Waals surface area contributed by atoms with Crippen LogP contribution in [0.5, 0.6) is 0 Å². The Morgan fingerprint density at radius 2 is 2.04 bits per heavy atom. The summed E-state index contributed by atoms with van der Waals surface area (Å²) in [5.74, 6) is 0.141. The maximum Gasteiger partial charge on any atom is 0.276 e. The third kappa shape index (κ3) is 4.00. The van der Waals surface area contributed by atoms with Crippen LogP contribution >= 0.6 is 0 Å². The maximum absolute atomic E-state index is 12.5. The summed E-state index contributed by atoms with van der Waals surface area (Å²) in [4.78, 5) is 28.5. The van der Waals surface area contributed by atoms with Crippen molar-refractivity contribution in [3.05, 3.63) is 29.8 Å². The van der Waals surface area contributed by atoms with E-state index in [1.165, 1.54) is 0 Å². The van der Waals surface area contributed by atoms with Crippen LogP contribution in [0.4, 0.5) is 0 Å². The summed E-state index contributed by atoms with van der Waals surface area (Å²) in [5.41, 5.74) is 0.868. The van der Waals surface area contributed by atoms with Crippen LogP contribution in [-0.2, 0) is 11.3 Å². The molecule has 144 valence electrons. The van der Waals surface area contributed by atoms with Gasteiger partial charge in [0.15, 0.2) is 5.69 Å². The Hall–Kier alpha value is -2.75. The molecular weight excluding hydrogens is 350 g/mol. The van der Waals surface area contributed by atoms with Gasteiger partial charge in [0.1, 0.15) is 5.69 Å². The number of rotatable bonds is 4. The van der Waals surface area contributed by atoms with Crippen molar-refractivity contribution < 1.29 is 14.3 Å². The Bertz CT molecular complexity index is 782. The normalized spacial score (nSPS) is 20.7. The fraction of sp³-hybridized carbons (Fsp3) is 0.588. The molecule has 2 aromatic rings. The first-order valence-corrected chi connectivity index (χ1v) is 9.26. The van der Waals surface area contributed by atoms with Crippen LogP contribution in [0.25, 0.3) is 0 Å². The van der Waals surface area contributed by atoms with Gasteiger partial charge in [-0.2, -0.15) is 5.10 Å². The number of aromatic nitrogens is 5. The molecule has 1 N–H and O–H groups in total. The minimum Gasteiger partial charge on any atom is -0.378 e. The Morgan fingerprint density at radius 1 is 1.19 bits per heavy atom. The van der Waals surface area contributed by atoms with Crippen molar-refractivity contribution in [3.8, 4) is 0 Å². The molecule has 2 aliphatic rings. The average Bonchev–Trinajstić information content (AvgIpc) is 3.40. The van der Waals surface area contributed by atoms with E-state index in [1.807, 2.05) is 4.90 Å². The van der Waals surface area contributed by atoms with E-state index in [0.29, 0.717) is 50.8 Å². The molecule has 0 aliphatic carbocycles. The summed E-state index contributed by atoms with van der Waals surface area (Å²) in [6.07, 6.45) is 5.24. The summed E-state index contributed by atoms with van der Waals surface area (Å²) in [7, 11) is 0. The second-order valence-corrected chi connectivity index (χ2v) is 6.96. The molecule has 0 radical (unpaired) electrons. The van der Waals surface area contributed by atoms with Crippen LogP contribution < -0.4 is 0 Å². The second kappa shape index (κ2) is 7.87. The Morgan fingerprint density at radius 3 is 2.81 bits per heavy atom. The summed E-state index contributed by atoms with van der Waals surface area (Å²) in [5, 5.41) is 14.7. The first-order chi connectivity index (χ1) is 13.2. The molecule has 0 unspecified atom stereocenters. The SMILES string of the molecule is O=C(c1cn(C[C@H]2CCCN(C(=O)c3ccn[nH]3)C2)nn1)N1CCOCC1. The number of carbonyl (C=O) groups is 2. The zero-order chi connectivity index (χ0) is 18.6. The monoisotopic (exact) mass is 373 g/mol. The molecular formula is C17H23N7O3. The Kier molecular flexibility index (Phi) is 5.14. The van der Waals surface area contributed by atoms with E-state index < -0.39 is 0 Å². The number of H-pyrrole nitrogens is 1. The molecule has 10 nitrogen and oxygen atoms in total. The van der Waals surface area contributed by atoms with Crippen molar-refractivity contribution in [2.24, 2.45) is 5.92 Å². The fourth-order valence-corrected chi connectivity index (χ4v) is 3.62. The molecule has 4 rings (SSSR count). The van der Waals surface area contributed by atoms with Gasteiger partial charge >= 0.3 is 0 Å². The molecule has 0 spiro atoms. The van der Waals surface area contributed by atoms with Gasteiger partial charge in [0.25, 0.3) is 11.8 Å². The van der Waals surface area contributed by atoms with E-state index >= 15 is 0 Å². The van der Waals surface area contributed by atoms with Gasteiger partial charge in [0.05, 0.1) is 19.4 Å². The van der Waals surface area contributed by atoms with Crippen LogP contribution in [0.2, 0.25) is 0 Å². The summed E-state index contributed by atoms with van der Waals surface area (Å²) in [6, 6.07) is 1.69. The van der Waals surface area contributed by atoms with Crippen LogP contribution in [-0.4, -0.2) is 86.2 Å². The van der Waals surface area contributed by atoms with Gasteiger partial charge in [-0.15, -0.1) is 5.10 Å². The zero-order valence-corrected chi connectivity index (χ0v) is 15.1. The minimum absolute atomic E-state index is 0.0287. The highest BCUT2D eigenvalue weighted by Crippen LogP contribution is 2.20. The number of nitrogens with zero attached hydrogens (tertiary/aromatic N) is 6. The molecule has 0 bridgehead atoms. The van der Waals surface area contributed by atoms with Crippen molar-refractivity contribution in [1.29, 1.82) is 0 Å². The first kappa shape index (κ1) is 17.7. The number of aromatic amines is 1. The number of morpholine rings is 1. The van der Waals surface area contributed by atoms with Crippen LogP contribution in [0, 0.1) is 5.92 Å². The lowest BCUT2D eigenvalue weighted by molar-refractivity contribution is 0.0299. The van der Waals surface area contributed by atoms with Gasteiger partial charge in [0, 0.05) is 38.9 Å². The summed E-state index contributed by atoms with van der Waals surface area (Å²) >= 11 is 0. The fourth-order valence-electron chi connectivity index (χ4n) is 3.62. The number of likely N-dealkylation sites (tertiary alicyclic amines) is 1. The molecule has 2 fully saturated rings. The minimum atomic E-state index is -0.107. The predicted octanol–water partition coefficient (Wildman–Crippen LogP) is 0.0260. The molecule has 10 heteroatoms. The lowest BCUT2D eigenvalue weighted by Crippen LogP contribution is -2.41. The van der Waals surface area contributed by atoms with E-state index in [0.717, 1.165) is 19.4 Å². The van der Waals surface area contributed by atoms with Gasteiger partial charge in [0.2, 0.25) is 0 Å². The molecule has 4 heterocycles. The number of amides is 2. The van der Waals surface area contributed by atoms with Crippen molar-refractivity contribution in [1.82, 2.24) is 35.0 Å². The molecule has 2 aliphatic heterocycles. The van der Waals surface area contributed by atoms with Gasteiger partial charge in [-0.1, -0.05) is 5.21 Å². The van der Waals surface area contributed by atoms with Crippen molar-refractivity contribution in [2.45, 2.75) is 19.4 Å². The lowest BCUT2D eigenvalue weighted by Gasteiger charge is -2.32. The second-order valence-electron chi connectivity index (χ2n) is 6.96. The number of piperidine rings is 1. The number of hydrogen-bond acceptors (Lipinski definition) is 6. The topological polar surface area (TPSA) is 109 Å². The highest BCUT2D eigenvalue weighted by molar-refractivity contribution is 5.92. The molecule has 0 aromatic carbocycles. The van der Waals surface area contributed by atoms with Gasteiger partial charge < -0.3 is 14.5 Å². The standard InChI is InChI=1S/C17H23N7O3/c25-16(14-3-4-18-19-14)23-5-1-2-13(10-23)11-24-12-15(20-21-24)17(26)22-6-8-27-9-7-22/h3-4,12-13H,1-2,5-11H2,(H,18,19)/t13-/m0/s1. The van der Waals surface area contributed by atoms with Crippen molar-refractivity contribution in [2.75, 3.05) is 39.4 Å². The Labute approximate surface area is 156 Å². The van der Waals surface area contributed by atoms with Gasteiger partial charge in [-0.25, -0.2) is 0 Å². The van der Waals surface area contributed by atoms with Gasteiger partial charge in [-0.05, 0) is 24.8 Å². The molecule has 2 amide bonds. The van der Waals surface area contributed by atoms with Crippen molar-refractivity contribution >= 4 is 11.8 Å². The number of carbonyl (C=O) groups excluding carboxylic acids is 2. The summed E-state index contributed by atoms with van der Waals surface area (Å²) in [6.45, 7) is 4.31. The van der Waals surface area contributed by atoms with Crippen LogP contribution in [0.15, 0.2) is 18.5 Å². The predicted molar refractivity (Wildman–Crippen MR) is 94.0 cm³/mol. The number of hydrogen-bond donors (Lipinski definition) is 1. The molecule has 2 aromatic heterocycles. The molecule has 2 saturated heterocycles. The van der Waals surface area contributed by atoms with Gasteiger partial charge in [-0.3, -0.25) is 19.4 Å². The van der Waals surface area contributed by atoms with E-state index in [-0.39, 0.29) is 17.7 Å². The lowest BCUT2D eigenvalue weighted by atomic mass is 9.98. The molecule has 27 heavy (non-hydrogen) atoms. The molecule has 1 atom stereocenters.